The van der Waals surface area contributed by atoms with Crippen LogP contribution in [-0.2, 0) is 4.74 Å². The molecule has 2 aliphatic rings. The number of carbonyl (C=O) groups excluding carboxylic acids is 1. The second-order valence-electron chi connectivity index (χ2n) is 6.79. The van der Waals surface area contributed by atoms with Crippen molar-refractivity contribution in [3.05, 3.63) is 53.7 Å². The molecule has 4 rings (SSSR count). The Bertz CT molecular complexity index is 840. The van der Waals surface area contributed by atoms with Gasteiger partial charge in [-0.05, 0) is 30.2 Å². The molecule has 0 spiro atoms. The summed E-state index contributed by atoms with van der Waals surface area (Å²) in [4.78, 5) is 16.0. The SMILES string of the molecule is O=C(Nc1ccc([C@@H]2O[C@H]3CNC2C3)cc1)c1ccc(OCC(F)(F)F)nc1. The predicted molar refractivity (Wildman–Crippen MR) is 94.2 cm³/mol. The molecule has 1 aromatic carbocycles. The van der Waals surface area contributed by atoms with Crippen LogP contribution < -0.4 is 15.4 Å². The number of hydrogen-bond donors (Lipinski definition) is 2. The van der Waals surface area contributed by atoms with Gasteiger partial charge in [0.25, 0.3) is 5.91 Å². The summed E-state index contributed by atoms with van der Waals surface area (Å²) in [5, 5.41) is 6.15. The molecule has 2 saturated heterocycles. The molecule has 9 heteroatoms. The van der Waals surface area contributed by atoms with Gasteiger partial charge >= 0.3 is 6.18 Å². The van der Waals surface area contributed by atoms with E-state index in [0.29, 0.717) is 11.7 Å². The normalized spacial score (nSPS) is 23.6. The van der Waals surface area contributed by atoms with Crippen molar-refractivity contribution in [1.82, 2.24) is 10.3 Å². The van der Waals surface area contributed by atoms with E-state index in [4.69, 9.17) is 4.74 Å². The van der Waals surface area contributed by atoms with Crippen molar-refractivity contribution in [3.63, 3.8) is 0 Å². The lowest BCUT2D eigenvalue weighted by atomic mass is 10.0. The first-order valence-corrected chi connectivity index (χ1v) is 8.83. The van der Waals surface area contributed by atoms with E-state index in [9.17, 15) is 18.0 Å². The van der Waals surface area contributed by atoms with E-state index < -0.39 is 18.7 Å². The van der Waals surface area contributed by atoms with E-state index in [1.165, 1.54) is 18.3 Å². The molecule has 2 bridgehead atoms. The summed E-state index contributed by atoms with van der Waals surface area (Å²) < 4.78 is 46.9. The summed E-state index contributed by atoms with van der Waals surface area (Å²) in [5.74, 6) is -0.613. The van der Waals surface area contributed by atoms with E-state index in [1.807, 2.05) is 12.1 Å². The number of hydrogen-bond acceptors (Lipinski definition) is 5. The first kappa shape index (κ1) is 18.7. The molecule has 3 heterocycles. The zero-order valence-electron chi connectivity index (χ0n) is 14.7. The zero-order chi connectivity index (χ0) is 19.7. The molecule has 0 aliphatic carbocycles. The quantitative estimate of drug-likeness (QED) is 0.817. The highest BCUT2D eigenvalue weighted by Gasteiger charge is 2.41. The maximum atomic E-state index is 12.3. The Morgan fingerprint density at radius 3 is 2.61 bits per heavy atom. The van der Waals surface area contributed by atoms with Gasteiger partial charge in [0.2, 0.25) is 5.88 Å². The number of benzene rings is 1. The number of halogens is 3. The molecule has 3 atom stereocenters. The van der Waals surface area contributed by atoms with Gasteiger partial charge in [-0.3, -0.25) is 4.79 Å². The van der Waals surface area contributed by atoms with E-state index in [0.717, 1.165) is 18.5 Å². The van der Waals surface area contributed by atoms with Crippen LogP contribution in [-0.4, -0.2) is 42.4 Å². The van der Waals surface area contributed by atoms with E-state index >= 15 is 0 Å². The lowest BCUT2D eigenvalue weighted by molar-refractivity contribution is -0.154. The fraction of sp³-hybridized carbons (Fsp3) is 0.368. The number of alkyl halides is 3. The molecule has 6 nitrogen and oxygen atoms in total. The molecule has 2 aliphatic heterocycles. The van der Waals surface area contributed by atoms with Crippen LogP contribution in [0.2, 0.25) is 0 Å². The van der Waals surface area contributed by atoms with E-state index in [1.54, 1.807) is 12.1 Å². The zero-order valence-corrected chi connectivity index (χ0v) is 14.7. The average Bonchev–Trinajstić information content (AvgIpc) is 3.30. The second-order valence-corrected chi connectivity index (χ2v) is 6.79. The van der Waals surface area contributed by atoms with Crippen molar-refractivity contribution < 1.29 is 27.4 Å². The highest BCUT2D eigenvalue weighted by Crippen LogP contribution is 2.37. The monoisotopic (exact) mass is 393 g/mol. The molecule has 1 aromatic heterocycles. The van der Waals surface area contributed by atoms with Crippen molar-refractivity contribution in [2.45, 2.75) is 30.8 Å². The number of anilines is 1. The number of fused-ring (bicyclic) bond motifs is 2. The van der Waals surface area contributed by atoms with Gasteiger partial charge in [0.05, 0.1) is 17.8 Å². The molecule has 2 aromatic rings. The van der Waals surface area contributed by atoms with Gasteiger partial charge in [0, 0.05) is 30.5 Å². The molecule has 28 heavy (non-hydrogen) atoms. The van der Waals surface area contributed by atoms with Crippen LogP contribution >= 0.6 is 0 Å². The van der Waals surface area contributed by atoms with Gasteiger partial charge in [0.15, 0.2) is 6.61 Å². The number of amides is 1. The van der Waals surface area contributed by atoms with Crippen molar-refractivity contribution in [3.8, 4) is 5.88 Å². The van der Waals surface area contributed by atoms with Gasteiger partial charge in [0.1, 0.15) is 0 Å². The third kappa shape index (κ3) is 4.26. The van der Waals surface area contributed by atoms with E-state index in [-0.39, 0.29) is 23.7 Å². The number of nitrogens with zero attached hydrogens (tertiary/aromatic N) is 1. The van der Waals surface area contributed by atoms with Gasteiger partial charge in [-0.1, -0.05) is 12.1 Å². The molecule has 0 saturated carbocycles. The van der Waals surface area contributed by atoms with Crippen LogP contribution in [0.1, 0.15) is 28.4 Å². The van der Waals surface area contributed by atoms with Crippen molar-refractivity contribution >= 4 is 11.6 Å². The van der Waals surface area contributed by atoms with Crippen LogP contribution in [0.4, 0.5) is 18.9 Å². The minimum absolute atomic E-state index is 0.0249. The lowest BCUT2D eigenvalue weighted by Gasteiger charge is -2.23. The van der Waals surface area contributed by atoms with Gasteiger partial charge in [-0.25, -0.2) is 4.98 Å². The molecule has 0 radical (unpaired) electrons. The third-order valence-corrected chi connectivity index (χ3v) is 4.71. The van der Waals surface area contributed by atoms with Gasteiger partial charge in [-0.2, -0.15) is 13.2 Å². The second kappa shape index (κ2) is 7.40. The minimum Gasteiger partial charge on any atom is -0.468 e. The van der Waals surface area contributed by atoms with Crippen LogP contribution in [0.5, 0.6) is 5.88 Å². The molecule has 148 valence electrons. The largest absolute Gasteiger partial charge is 0.468 e. The van der Waals surface area contributed by atoms with Gasteiger partial charge in [-0.15, -0.1) is 0 Å². The van der Waals surface area contributed by atoms with Crippen molar-refractivity contribution in [2.24, 2.45) is 0 Å². The summed E-state index contributed by atoms with van der Waals surface area (Å²) in [6.07, 6.45) is -1.96. The fourth-order valence-electron chi connectivity index (χ4n) is 3.40. The Morgan fingerprint density at radius 2 is 2.04 bits per heavy atom. The maximum absolute atomic E-state index is 12.3. The number of rotatable bonds is 5. The Labute approximate surface area is 159 Å². The number of carbonyl (C=O) groups is 1. The fourth-order valence-corrected chi connectivity index (χ4v) is 3.40. The Hall–Kier alpha value is -2.65. The summed E-state index contributed by atoms with van der Waals surface area (Å²) in [6, 6.07) is 10.3. The molecule has 2 N–H and O–H groups in total. The van der Waals surface area contributed by atoms with Crippen LogP contribution in [0.3, 0.4) is 0 Å². The average molecular weight is 393 g/mol. The topological polar surface area (TPSA) is 72.5 Å². The number of pyridine rings is 1. The van der Waals surface area contributed by atoms with Gasteiger partial charge < -0.3 is 20.1 Å². The number of nitrogens with one attached hydrogen (secondary N) is 2. The van der Waals surface area contributed by atoms with Crippen molar-refractivity contribution in [1.29, 1.82) is 0 Å². The predicted octanol–water partition coefficient (Wildman–Crippen LogP) is 3.08. The molecule has 2 fully saturated rings. The Balaban J connectivity index is 1.34. The number of ether oxygens (including phenoxy) is 2. The molecular formula is C19H18F3N3O3. The molecule has 1 unspecified atom stereocenters. The highest BCUT2D eigenvalue weighted by molar-refractivity contribution is 6.04. The smallest absolute Gasteiger partial charge is 0.422 e. The summed E-state index contributed by atoms with van der Waals surface area (Å²) in [5.41, 5.74) is 1.86. The Kier molecular flexibility index (Phi) is 4.94. The Morgan fingerprint density at radius 1 is 1.25 bits per heavy atom. The first-order chi connectivity index (χ1) is 13.4. The lowest BCUT2D eigenvalue weighted by Crippen LogP contribution is -2.33. The van der Waals surface area contributed by atoms with Crippen molar-refractivity contribution in [2.75, 3.05) is 18.5 Å². The van der Waals surface area contributed by atoms with Crippen LogP contribution in [0.25, 0.3) is 0 Å². The number of morpholine rings is 1. The minimum atomic E-state index is -4.44. The summed E-state index contributed by atoms with van der Waals surface area (Å²) >= 11 is 0. The van der Waals surface area contributed by atoms with Crippen LogP contribution in [0, 0.1) is 0 Å². The maximum Gasteiger partial charge on any atom is 0.422 e. The third-order valence-electron chi connectivity index (χ3n) is 4.71. The highest BCUT2D eigenvalue weighted by atomic mass is 19.4. The molecular weight excluding hydrogens is 375 g/mol. The summed E-state index contributed by atoms with van der Waals surface area (Å²) in [6.45, 7) is -0.539. The number of aromatic nitrogens is 1. The molecule has 1 amide bonds. The first-order valence-electron chi connectivity index (χ1n) is 8.83. The summed E-state index contributed by atoms with van der Waals surface area (Å²) in [7, 11) is 0. The standard InChI is InChI=1S/C19H18F3N3O3/c20-19(21,22)10-27-16-6-3-12(8-24-16)18(26)25-13-4-1-11(2-5-13)17-15-7-14(28-17)9-23-15/h1-6,8,14-15,17,23H,7,9-10H2,(H,25,26)/t14-,15?,17+/m1/s1. The van der Waals surface area contributed by atoms with E-state index in [2.05, 4.69) is 20.4 Å². The van der Waals surface area contributed by atoms with Crippen LogP contribution in [0.15, 0.2) is 42.6 Å².